The van der Waals surface area contributed by atoms with Crippen LogP contribution in [0.3, 0.4) is 0 Å². The molecule has 0 amide bonds. The third-order valence-corrected chi connectivity index (χ3v) is 2.75. The summed E-state index contributed by atoms with van der Waals surface area (Å²) in [6.07, 6.45) is 1.49. The molecule has 2 rings (SSSR count). The first-order valence-electron chi connectivity index (χ1n) is 5.50. The highest BCUT2D eigenvalue weighted by molar-refractivity contribution is 6.31. The Morgan fingerprint density at radius 2 is 2.39 bits per heavy atom. The Kier molecular flexibility index (Phi) is 3.38. The zero-order valence-electron chi connectivity index (χ0n) is 10.1. The first kappa shape index (κ1) is 12.6. The molecule has 0 aliphatic heterocycles. The number of nitrogen functional groups attached to an aromatic ring is 1. The second-order valence-corrected chi connectivity index (χ2v) is 4.20. The van der Waals surface area contributed by atoms with Crippen molar-refractivity contribution in [2.75, 3.05) is 12.3 Å². The molecule has 0 aromatic carbocycles. The van der Waals surface area contributed by atoms with Gasteiger partial charge >= 0.3 is 5.97 Å². The SMILES string of the molecule is CCOC(=O)C(C)n1c(N)nc2cc(Cl)cnc21. The number of rotatable bonds is 3. The zero-order chi connectivity index (χ0) is 13.3. The average Bonchev–Trinajstić information content (AvgIpc) is 2.63. The van der Waals surface area contributed by atoms with Crippen molar-refractivity contribution in [2.24, 2.45) is 0 Å². The first-order valence-corrected chi connectivity index (χ1v) is 5.88. The van der Waals surface area contributed by atoms with Gasteiger partial charge in [0.15, 0.2) is 5.65 Å². The number of carbonyl (C=O) groups excluding carboxylic acids is 1. The van der Waals surface area contributed by atoms with Crippen molar-refractivity contribution in [2.45, 2.75) is 19.9 Å². The Hall–Kier alpha value is -1.82. The van der Waals surface area contributed by atoms with Crippen molar-refractivity contribution >= 4 is 34.7 Å². The van der Waals surface area contributed by atoms with E-state index in [1.165, 1.54) is 10.8 Å². The molecule has 0 fully saturated rings. The van der Waals surface area contributed by atoms with Crippen molar-refractivity contribution in [3.63, 3.8) is 0 Å². The third-order valence-electron chi connectivity index (χ3n) is 2.54. The maximum absolute atomic E-state index is 11.7. The molecule has 6 nitrogen and oxygen atoms in total. The lowest BCUT2D eigenvalue weighted by Gasteiger charge is -2.13. The predicted octanol–water partition coefficient (Wildman–Crippen LogP) is 1.79. The molecule has 0 radical (unpaired) electrons. The highest BCUT2D eigenvalue weighted by atomic mass is 35.5. The van der Waals surface area contributed by atoms with Crippen LogP contribution in [0.4, 0.5) is 5.95 Å². The van der Waals surface area contributed by atoms with Gasteiger partial charge in [0.2, 0.25) is 5.95 Å². The number of imidazole rings is 1. The van der Waals surface area contributed by atoms with Crippen LogP contribution >= 0.6 is 11.6 Å². The molecule has 7 heteroatoms. The number of esters is 1. The summed E-state index contributed by atoms with van der Waals surface area (Å²) in [4.78, 5) is 20.0. The molecule has 0 spiro atoms. The molecule has 2 aromatic rings. The normalized spacial score (nSPS) is 12.6. The van der Waals surface area contributed by atoms with Gasteiger partial charge in [-0.15, -0.1) is 0 Å². The van der Waals surface area contributed by atoms with Crippen LogP contribution in [0.5, 0.6) is 0 Å². The topological polar surface area (TPSA) is 83.0 Å². The molecule has 0 saturated carbocycles. The fourth-order valence-electron chi connectivity index (χ4n) is 1.73. The van der Waals surface area contributed by atoms with E-state index in [9.17, 15) is 4.79 Å². The Balaban J connectivity index is 2.50. The Bertz CT molecular complexity index is 596. The molecule has 96 valence electrons. The van der Waals surface area contributed by atoms with Crippen molar-refractivity contribution in [3.05, 3.63) is 17.3 Å². The molecule has 2 N–H and O–H groups in total. The number of carbonyl (C=O) groups is 1. The van der Waals surface area contributed by atoms with Gasteiger partial charge in [-0.05, 0) is 19.9 Å². The minimum absolute atomic E-state index is 0.209. The zero-order valence-corrected chi connectivity index (χ0v) is 10.8. The van der Waals surface area contributed by atoms with E-state index < -0.39 is 6.04 Å². The maximum atomic E-state index is 11.7. The van der Waals surface area contributed by atoms with E-state index in [1.807, 2.05) is 0 Å². The lowest BCUT2D eigenvalue weighted by molar-refractivity contribution is -0.146. The summed E-state index contributed by atoms with van der Waals surface area (Å²) in [7, 11) is 0. The molecular formula is C11H13ClN4O2. The molecule has 1 unspecified atom stereocenters. The van der Waals surface area contributed by atoms with Crippen LogP contribution in [0.1, 0.15) is 19.9 Å². The number of fused-ring (bicyclic) bond motifs is 1. The number of nitrogens with two attached hydrogens (primary N) is 1. The number of ether oxygens (including phenoxy) is 1. The van der Waals surface area contributed by atoms with Gasteiger partial charge in [0.25, 0.3) is 0 Å². The number of hydrogen-bond donors (Lipinski definition) is 1. The lowest BCUT2D eigenvalue weighted by Crippen LogP contribution is -2.20. The second kappa shape index (κ2) is 4.81. The van der Waals surface area contributed by atoms with E-state index >= 15 is 0 Å². The molecule has 1 atom stereocenters. The molecule has 0 aliphatic rings. The largest absolute Gasteiger partial charge is 0.464 e. The van der Waals surface area contributed by atoms with Crippen LogP contribution in [-0.4, -0.2) is 27.1 Å². The van der Waals surface area contributed by atoms with Gasteiger partial charge in [-0.1, -0.05) is 11.6 Å². The molecule has 0 aliphatic carbocycles. The summed E-state index contributed by atoms with van der Waals surface area (Å²) in [6.45, 7) is 3.75. The van der Waals surface area contributed by atoms with Gasteiger partial charge in [-0.2, -0.15) is 0 Å². The summed E-state index contributed by atoms with van der Waals surface area (Å²) in [5.41, 5.74) is 6.86. The highest BCUT2D eigenvalue weighted by Gasteiger charge is 2.22. The molecule has 2 aromatic heterocycles. The smallest absolute Gasteiger partial charge is 0.329 e. The van der Waals surface area contributed by atoms with E-state index in [1.54, 1.807) is 19.9 Å². The van der Waals surface area contributed by atoms with Gasteiger partial charge in [0.05, 0.1) is 11.6 Å². The van der Waals surface area contributed by atoms with Gasteiger partial charge < -0.3 is 10.5 Å². The van der Waals surface area contributed by atoms with Crippen molar-refractivity contribution in [3.8, 4) is 0 Å². The molecule has 0 saturated heterocycles. The van der Waals surface area contributed by atoms with Crippen molar-refractivity contribution < 1.29 is 9.53 Å². The number of hydrogen-bond acceptors (Lipinski definition) is 5. The fourth-order valence-corrected chi connectivity index (χ4v) is 1.88. The van der Waals surface area contributed by atoms with Crippen LogP contribution in [-0.2, 0) is 9.53 Å². The molecule has 2 heterocycles. The number of nitrogens with zero attached hydrogens (tertiary/aromatic N) is 3. The summed E-state index contributed by atoms with van der Waals surface area (Å²) < 4.78 is 6.49. The highest BCUT2D eigenvalue weighted by Crippen LogP contribution is 2.23. The average molecular weight is 269 g/mol. The van der Waals surface area contributed by atoms with Crippen molar-refractivity contribution in [1.82, 2.24) is 14.5 Å². The van der Waals surface area contributed by atoms with Gasteiger partial charge in [-0.3, -0.25) is 4.57 Å². The quantitative estimate of drug-likeness (QED) is 0.858. The monoisotopic (exact) mass is 268 g/mol. The van der Waals surface area contributed by atoms with Gasteiger partial charge in [0.1, 0.15) is 11.6 Å². The van der Waals surface area contributed by atoms with Crippen LogP contribution in [0.15, 0.2) is 12.3 Å². The minimum Gasteiger partial charge on any atom is -0.464 e. The van der Waals surface area contributed by atoms with Gasteiger partial charge in [0, 0.05) is 6.20 Å². The Morgan fingerprint density at radius 3 is 3.06 bits per heavy atom. The number of aromatic nitrogens is 3. The second-order valence-electron chi connectivity index (χ2n) is 3.76. The number of anilines is 1. The standard InChI is InChI=1S/C11H13ClN4O2/c1-3-18-10(17)6(2)16-9-8(15-11(16)13)4-7(12)5-14-9/h4-6H,3H2,1-2H3,(H2,13,15). The Labute approximate surface area is 109 Å². The molecule has 18 heavy (non-hydrogen) atoms. The number of pyridine rings is 1. The van der Waals surface area contributed by atoms with Crippen LogP contribution in [0, 0.1) is 0 Å². The van der Waals surface area contributed by atoms with E-state index in [4.69, 9.17) is 22.1 Å². The van der Waals surface area contributed by atoms with Crippen molar-refractivity contribution in [1.29, 1.82) is 0 Å². The summed E-state index contributed by atoms with van der Waals surface area (Å²) in [6, 6.07) is 1.07. The van der Waals surface area contributed by atoms with Crippen LogP contribution in [0.2, 0.25) is 5.02 Å². The summed E-state index contributed by atoms with van der Waals surface area (Å²) >= 11 is 5.83. The van der Waals surface area contributed by atoms with Gasteiger partial charge in [-0.25, -0.2) is 14.8 Å². The summed E-state index contributed by atoms with van der Waals surface area (Å²) in [5.74, 6) is -0.166. The fraction of sp³-hybridized carbons (Fsp3) is 0.364. The van der Waals surface area contributed by atoms with E-state index in [0.29, 0.717) is 22.8 Å². The predicted molar refractivity (Wildman–Crippen MR) is 68.3 cm³/mol. The lowest BCUT2D eigenvalue weighted by atomic mass is 10.3. The van der Waals surface area contributed by atoms with Crippen LogP contribution in [0.25, 0.3) is 11.2 Å². The maximum Gasteiger partial charge on any atom is 0.329 e. The minimum atomic E-state index is -0.580. The third kappa shape index (κ3) is 2.11. The number of halogens is 1. The van der Waals surface area contributed by atoms with Crippen LogP contribution < -0.4 is 5.73 Å². The van der Waals surface area contributed by atoms with E-state index in [2.05, 4.69) is 9.97 Å². The molecular weight excluding hydrogens is 256 g/mol. The Morgan fingerprint density at radius 1 is 1.67 bits per heavy atom. The first-order chi connectivity index (χ1) is 8.54. The molecule has 0 bridgehead atoms. The van der Waals surface area contributed by atoms with E-state index in [0.717, 1.165) is 0 Å². The summed E-state index contributed by atoms with van der Waals surface area (Å²) in [5, 5.41) is 0.468. The van der Waals surface area contributed by atoms with E-state index in [-0.39, 0.29) is 11.9 Å².